The zero-order valence-corrected chi connectivity index (χ0v) is 14.5. The number of benzene rings is 1. The average molecular weight is 331 g/mol. The van der Waals surface area contributed by atoms with Gasteiger partial charge in [-0.25, -0.2) is 4.98 Å². The van der Waals surface area contributed by atoms with Crippen LogP contribution in [-0.2, 0) is 18.3 Å². The zero-order valence-electron chi connectivity index (χ0n) is 14.5. The van der Waals surface area contributed by atoms with E-state index in [1.807, 2.05) is 49.0 Å². The molecule has 0 unspecified atom stereocenters. The van der Waals surface area contributed by atoms with Gasteiger partial charge in [0.05, 0.1) is 0 Å². The maximum absolute atomic E-state index is 12.2. The minimum Gasteiger partial charge on any atom is -0.490 e. The van der Waals surface area contributed by atoms with E-state index in [4.69, 9.17) is 4.74 Å². The van der Waals surface area contributed by atoms with E-state index in [1.54, 1.807) is 13.2 Å². The predicted molar refractivity (Wildman–Crippen MR) is 91.8 cm³/mol. The number of ether oxygens (including phenoxy) is 1. The molecule has 2 aromatic rings. The molecule has 2 rings (SSSR count). The molecule has 0 saturated carbocycles. The number of carbonyl (C=O) groups is 1. The van der Waals surface area contributed by atoms with Crippen molar-refractivity contribution in [3.63, 3.8) is 0 Å². The van der Waals surface area contributed by atoms with E-state index in [1.165, 1.54) is 4.90 Å². The lowest BCUT2D eigenvalue weighted by molar-refractivity contribution is -0.140. The van der Waals surface area contributed by atoms with Gasteiger partial charge in [-0.1, -0.05) is 18.2 Å². The minimum absolute atomic E-state index is 0.0482. The Kier molecular flexibility index (Phi) is 6.37. The number of likely N-dealkylation sites (N-methyl/N-ethyl adjacent to an activating group) is 1. The second-order valence-corrected chi connectivity index (χ2v) is 5.91. The summed E-state index contributed by atoms with van der Waals surface area (Å²) in [5, 5.41) is 10.0. The number of aromatic nitrogens is 2. The summed E-state index contributed by atoms with van der Waals surface area (Å²) in [6, 6.07) is 7.52. The molecule has 24 heavy (non-hydrogen) atoms. The Bertz CT molecular complexity index is 669. The third-order valence-electron chi connectivity index (χ3n) is 3.97. The van der Waals surface area contributed by atoms with E-state index in [0.29, 0.717) is 12.3 Å². The molecule has 1 amide bonds. The lowest BCUT2D eigenvalue weighted by Crippen LogP contribution is -2.40. The van der Waals surface area contributed by atoms with E-state index in [9.17, 15) is 9.90 Å². The fraction of sp³-hybridized carbons (Fsp3) is 0.444. The highest BCUT2D eigenvalue weighted by atomic mass is 16.5. The van der Waals surface area contributed by atoms with Crippen molar-refractivity contribution in [3.05, 3.63) is 48.0 Å². The molecule has 0 fully saturated rings. The second kappa shape index (κ2) is 8.49. The molecule has 0 saturated heterocycles. The largest absolute Gasteiger partial charge is 0.490 e. The maximum Gasteiger partial charge on any atom is 0.254 e. The maximum atomic E-state index is 12.2. The molecule has 130 valence electrons. The highest BCUT2D eigenvalue weighted by Crippen LogP contribution is 2.16. The van der Waals surface area contributed by atoms with E-state index < -0.39 is 6.10 Å². The van der Waals surface area contributed by atoms with E-state index in [0.717, 1.165) is 24.2 Å². The first-order valence-electron chi connectivity index (χ1n) is 8.06. The van der Waals surface area contributed by atoms with Crippen molar-refractivity contribution in [3.8, 4) is 5.75 Å². The van der Waals surface area contributed by atoms with Crippen molar-refractivity contribution in [1.29, 1.82) is 0 Å². The molecule has 1 heterocycles. The van der Waals surface area contributed by atoms with Crippen molar-refractivity contribution < 1.29 is 14.6 Å². The van der Waals surface area contributed by atoms with Gasteiger partial charge in [0.15, 0.2) is 6.10 Å². The smallest absolute Gasteiger partial charge is 0.254 e. The van der Waals surface area contributed by atoms with E-state index >= 15 is 0 Å². The number of aryl methyl sites for hydroxylation is 3. The molecule has 1 N–H and O–H groups in total. The molecule has 1 aromatic heterocycles. The Labute approximate surface area is 142 Å². The number of hydrogen-bond acceptors (Lipinski definition) is 4. The summed E-state index contributed by atoms with van der Waals surface area (Å²) in [5.74, 6) is 1.34. The van der Waals surface area contributed by atoms with Crippen molar-refractivity contribution in [2.45, 2.75) is 25.9 Å². The third kappa shape index (κ3) is 4.83. The normalized spacial score (nSPS) is 12.0. The molecule has 0 spiro atoms. The zero-order chi connectivity index (χ0) is 17.5. The number of aliphatic hydroxyl groups is 1. The van der Waals surface area contributed by atoms with Crippen LogP contribution in [0.25, 0.3) is 0 Å². The van der Waals surface area contributed by atoms with Gasteiger partial charge in [-0.15, -0.1) is 0 Å². The number of nitrogens with zero attached hydrogens (tertiary/aromatic N) is 3. The van der Waals surface area contributed by atoms with Gasteiger partial charge < -0.3 is 19.3 Å². The van der Waals surface area contributed by atoms with Crippen molar-refractivity contribution in [1.82, 2.24) is 14.5 Å². The lowest BCUT2D eigenvalue weighted by atomic mass is 10.2. The van der Waals surface area contributed by atoms with Crippen LogP contribution in [0.2, 0.25) is 0 Å². The van der Waals surface area contributed by atoms with Gasteiger partial charge in [-0.3, -0.25) is 4.79 Å². The summed E-state index contributed by atoms with van der Waals surface area (Å²) < 4.78 is 7.50. The van der Waals surface area contributed by atoms with Gasteiger partial charge >= 0.3 is 0 Å². The highest BCUT2D eigenvalue weighted by molar-refractivity contribution is 5.80. The molecule has 6 nitrogen and oxygen atoms in total. The highest BCUT2D eigenvalue weighted by Gasteiger charge is 2.20. The molecule has 0 bridgehead atoms. The van der Waals surface area contributed by atoms with Crippen molar-refractivity contribution in [2.24, 2.45) is 7.05 Å². The number of hydrogen-bond donors (Lipinski definition) is 1. The second-order valence-electron chi connectivity index (χ2n) is 5.91. The van der Waals surface area contributed by atoms with E-state index in [-0.39, 0.29) is 12.5 Å². The Morgan fingerprint density at radius 3 is 2.83 bits per heavy atom. The monoisotopic (exact) mass is 331 g/mol. The van der Waals surface area contributed by atoms with E-state index in [2.05, 4.69) is 4.98 Å². The van der Waals surface area contributed by atoms with Crippen LogP contribution in [0.1, 0.15) is 17.8 Å². The molecular weight excluding hydrogens is 306 g/mol. The molecule has 0 aliphatic heterocycles. The van der Waals surface area contributed by atoms with Gasteiger partial charge in [-0.05, 0) is 25.0 Å². The molecule has 0 radical (unpaired) electrons. The Morgan fingerprint density at radius 1 is 1.42 bits per heavy atom. The van der Waals surface area contributed by atoms with Crippen LogP contribution in [0, 0.1) is 6.92 Å². The molecule has 0 aliphatic rings. The number of para-hydroxylation sites is 1. The van der Waals surface area contributed by atoms with Crippen molar-refractivity contribution in [2.75, 3.05) is 20.2 Å². The first-order valence-corrected chi connectivity index (χ1v) is 8.06. The van der Waals surface area contributed by atoms with Crippen LogP contribution in [0.3, 0.4) is 0 Å². The first kappa shape index (κ1) is 18.0. The van der Waals surface area contributed by atoms with Crippen LogP contribution >= 0.6 is 0 Å². The molecule has 1 atom stereocenters. The summed E-state index contributed by atoms with van der Waals surface area (Å²) in [5.41, 5.74) is 0.973. The van der Waals surface area contributed by atoms with Crippen LogP contribution < -0.4 is 4.74 Å². The molecule has 0 aliphatic carbocycles. The SMILES string of the molecule is Cc1ccccc1OC[C@@H](O)C(=O)N(C)CCCc1nccn1C. The Hall–Kier alpha value is -2.34. The van der Waals surface area contributed by atoms with Crippen LogP contribution in [0.15, 0.2) is 36.7 Å². The number of aliphatic hydroxyl groups excluding tert-OH is 1. The van der Waals surface area contributed by atoms with Gasteiger partial charge in [0, 0.05) is 39.5 Å². The van der Waals surface area contributed by atoms with Gasteiger partial charge in [-0.2, -0.15) is 0 Å². The summed E-state index contributed by atoms with van der Waals surface area (Å²) in [7, 11) is 3.64. The van der Waals surface area contributed by atoms with Crippen LogP contribution in [0.5, 0.6) is 5.75 Å². The molecule has 6 heteroatoms. The quantitative estimate of drug-likeness (QED) is 0.797. The molecule has 1 aromatic carbocycles. The number of carbonyl (C=O) groups excluding carboxylic acids is 1. The van der Waals surface area contributed by atoms with Gasteiger partial charge in [0.2, 0.25) is 0 Å². The standard InChI is InChI=1S/C18H25N3O3/c1-14-7-4-5-8-16(14)24-13-15(22)18(23)21(3)11-6-9-17-19-10-12-20(17)2/h4-5,7-8,10,12,15,22H,6,9,11,13H2,1-3H3/t15-/m1/s1. The summed E-state index contributed by atoms with van der Waals surface area (Å²) in [6.07, 6.45) is 4.08. The average Bonchev–Trinajstić information content (AvgIpc) is 2.98. The van der Waals surface area contributed by atoms with Crippen LogP contribution in [-0.4, -0.2) is 51.8 Å². The number of amides is 1. The Balaban J connectivity index is 1.75. The predicted octanol–water partition coefficient (Wildman–Crippen LogP) is 1.56. The van der Waals surface area contributed by atoms with Crippen LogP contribution in [0.4, 0.5) is 0 Å². The third-order valence-corrected chi connectivity index (χ3v) is 3.97. The van der Waals surface area contributed by atoms with Gasteiger partial charge in [0.1, 0.15) is 18.2 Å². The fourth-order valence-corrected chi connectivity index (χ4v) is 2.43. The summed E-state index contributed by atoms with van der Waals surface area (Å²) in [4.78, 5) is 18.0. The molecular formula is C18H25N3O3. The first-order chi connectivity index (χ1) is 11.5. The summed E-state index contributed by atoms with van der Waals surface area (Å²) in [6.45, 7) is 2.44. The van der Waals surface area contributed by atoms with Crippen molar-refractivity contribution >= 4 is 5.91 Å². The van der Waals surface area contributed by atoms with Gasteiger partial charge in [0.25, 0.3) is 5.91 Å². The lowest BCUT2D eigenvalue weighted by Gasteiger charge is -2.21. The topological polar surface area (TPSA) is 67.6 Å². The summed E-state index contributed by atoms with van der Waals surface area (Å²) >= 11 is 0. The fourth-order valence-electron chi connectivity index (χ4n) is 2.43. The Morgan fingerprint density at radius 2 is 2.17 bits per heavy atom. The number of rotatable bonds is 8. The number of imidazole rings is 1. The minimum atomic E-state index is -1.16.